The van der Waals surface area contributed by atoms with Crippen molar-refractivity contribution in [1.82, 2.24) is 20.4 Å². The van der Waals surface area contributed by atoms with Crippen molar-refractivity contribution in [2.45, 2.75) is 12.8 Å². The van der Waals surface area contributed by atoms with E-state index in [0.29, 0.717) is 34.2 Å². The number of amides is 2. The molecule has 5 rings (SSSR count). The number of carbonyl (C=O) groups is 4. The van der Waals surface area contributed by atoms with Crippen LogP contribution in [0, 0.1) is 11.3 Å². The van der Waals surface area contributed by atoms with Crippen molar-refractivity contribution in [3.63, 3.8) is 0 Å². The van der Waals surface area contributed by atoms with E-state index in [1.807, 2.05) is 49.4 Å². The number of hydrogen-bond donors (Lipinski definition) is 2. The molecule has 0 unspecified atom stereocenters. The molecule has 0 atom stereocenters. The SMILES string of the molecule is CN(C)CCNC(=O)Cc1cc(C(=O)c2ccco2)sc1-c1cccc(C#N)c1.CN(C)CCNC(=O)Cc1csc(C(=O)c2ccco2)c1. The molecule has 4 aromatic heterocycles. The lowest BCUT2D eigenvalue weighted by molar-refractivity contribution is -0.121. The van der Waals surface area contributed by atoms with Crippen LogP contribution in [0.2, 0.25) is 0 Å². The molecule has 13 heteroatoms. The van der Waals surface area contributed by atoms with E-state index < -0.39 is 0 Å². The Morgan fingerprint density at radius 2 is 1.36 bits per heavy atom. The van der Waals surface area contributed by atoms with Gasteiger partial charge in [-0.05, 0) is 98.8 Å². The summed E-state index contributed by atoms with van der Waals surface area (Å²) in [5, 5.41) is 16.8. The molecule has 5 aromatic rings. The lowest BCUT2D eigenvalue weighted by Crippen LogP contribution is -2.32. The third-order valence-corrected chi connectivity index (χ3v) is 9.34. The Labute approximate surface area is 299 Å². The highest BCUT2D eigenvalue weighted by molar-refractivity contribution is 7.17. The van der Waals surface area contributed by atoms with Crippen molar-refractivity contribution in [3.8, 4) is 16.5 Å². The minimum absolute atomic E-state index is 0.0355. The monoisotopic (exact) mass is 713 g/mol. The number of nitrogens with zero attached hydrogens (tertiary/aromatic N) is 3. The first-order chi connectivity index (χ1) is 24.0. The van der Waals surface area contributed by atoms with Crippen LogP contribution in [0.3, 0.4) is 0 Å². The molecule has 0 spiro atoms. The van der Waals surface area contributed by atoms with Gasteiger partial charge in [-0.15, -0.1) is 22.7 Å². The van der Waals surface area contributed by atoms with Crippen LogP contribution in [-0.4, -0.2) is 87.6 Å². The van der Waals surface area contributed by atoms with Gasteiger partial charge in [0.25, 0.3) is 0 Å². The maximum Gasteiger partial charge on any atom is 0.238 e. The second-order valence-corrected chi connectivity index (χ2v) is 13.7. The number of hydrogen-bond acceptors (Lipinski definition) is 11. The Morgan fingerprint density at radius 3 is 1.92 bits per heavy atom. The van der Waals surface area contributed by atoms with Gasteiger partial charge in [0.1, 0.15) is 0 Å². The van der Waals surface area contributed by atoms with E-state index in [1.165, 1.54) is 35.2 Å². The van der Waals surface area contributed by atoms with E-state index in [0.717, 1.165) is 34.7 Å². The van der Waals surface area contributed by atoms with Crippen LogP contribution in [-0.2, 0) is 22.4 Å². The normalized spacial score (nSPS) is 10.7. The highest BCUT2D eigenvalue weighted by atomic mass is 32.1. The minimum Gasteiger partial charge on any atom is -0.461 e. The smallest absolute Gasteiger partial charge is 0.238 e. The predicted octanol–water partition coefficient (Wildman–Crippen LogP) is 5.12. The molecule has 2 amide bonds. The van der Waals surface area contributed by atoms with Crippen molar-refractivity contribution >= 4 is 46.1 Å². The summed E-state index contributed by atoms with van der Waals surface area (Å²) in [6.45, 7) is 2.72. The summed E-state index contributed by atoms with van der Waals surface area (Å²) in [5.41, 5.74) is 2.93. The molecule has 0 bridgehead atoms. The fraction of sp³-hybridized carbons (Fsp3) is 0.270. The van der Waals surface area contributed by atoms with Crippen LogP contribution in [0.1, 0.15) is 47.6 Å². The van der Waals surface area contributed by atoms with Crippen molar-refractivity contribution in [3.05, 3.63) is 117 Å². The molecular formula is C37H39N5O6S2. The largest absolute Gasteiger partial charge is 0.461 e. The Morgan fingerprint density at radius 1 is 0.760 bits per heavy atom. The van der Waals surface area contributed by atoms with Gasteiger partial charge in [0.2, 0.25) is 23.4 Å². The third-order valence-electron chi connectivity index (χ3n) is 7.13. The molecule has 2 N–H and O–H groups in total. The van der Waals surface area contributed by atoms with Crippen LogP contribution < -0.4 is 10.6 Å². The van der Waals surface area contributed by atoms with E-state index in [9.17, 15) is 24.4 Å². The highest BCUT2D eigenvalue weighted by Gasteiger charge is 2.21. The number of nitriles is 1. The average Bonchev–Trinajstić information content (AvgIpc) is 3.92. The number of rotatable bonds is 15. The zero-order valence-corrected chi connectivity index (χ0v) is 30.0. The molecule has 4 heterocycles. The Balaban J connectivity index is 0.000000237. The van der Waals surface area contributed by atoms with Crippen LogP contribution in [0.15, 0.2) is 87.4 Å². The number of likely N-dealkylation sites (N-methyl/N-ethyl adjacent to an activating group) is 2. The van der Waals surface area contributed by atoms with E-state index in [4.69, 9.17) is 8.83 Å². The lowest BCUT2D eigenvalue weighted by Gasteiger charge is -2.10. The Bertz CT molecular complexity index is 1920. The minimum atomic E-state index is -0.225. The number of benzene rings is 1. The number of ketones is 2. The number of furan rings is 2. The topological polar surface area (TPSA) is 149 Å². The van der Waals surface area contributed by atoms with Crippen molar-refractivity contribution in [1.29, 1.82) is 5.26 Å². The fourth-order valence-corrected chi connectivity index (χ4v) is 6.59. The lowest BCUT2D eigenvalue weighted by atomic mass is 10.0. The summed E-state index contributed by atoms with van der Waals surface area (Å²) >= 11 is 2.63. The van der Waals surface area contributed by atoms with Crippen LogP contribution in [0.25, 0.3) is 10.4 Å². The predicted molar refractivity (Wildman–Crippen MR) is 194 cm³/mol. The van der Waals surface area contributed by atoms with Crippen molar-refractivity contribution in [2.75, 3.05) is 54.4 Å². The molecule has 0 fully saturated rings. The molecule has 0 aliphatic heterocycles. The maximum atomic E-state index is 12.7. The summed E-state index contributed by atoms with van der Waals surface area (Å²) in [4.78, 5) is 54.9. The van der Waals surface area contributed by atoms with Crippen LogP contribution in [0.5, 0.6) is 0 Å². The molecule has 0 aliphatic rings. The third kappa shape index (κ3) is 11.2. The summed E-state index contributed by atoms with van der Waals surface area (Å²) in [6, 6.07) is 19.4. The first-order valence-electron chi connectivity index (χ1n) is 15.7. The van der Waals surface area contributed by atoms with Gasteiger partial charge >= 0.3 is 0 Å². The molecule has 50 heavy (non-hydrogen) atoms. The van der Waals surface area contributed by atoms with Gasteiger partial charge in [0.15, 0.2) is 11.5 Å². The van der Waals surface area contributed by atoms with Gasteiger partial charge in [-0.3, -0.25) is 19.2 Å². The molecule has 0 saturated heterocycles. The molecule has 1 aromatic carbocycles. The van der Waals surface area contributed by atoms with E-state index in [1.54, 1.807) is 54.6 Å². The number of nitrogens with one attached hydrogen (secondary N) is 2. The van der Waals surface area contributed by atoms with Crippen molar-refractivity contribution < 1.29 is 28.0 Å². The first-order valence-corrected chi connectivity index (χ1v) is 17.4. The van der Waals surface area contributed by atoms with E-state index in [2.05, 4.69) is 16.7 Å². The molecule has 0 saturated carbocycles. The van der Waals surface area contributed by atoms with Crippen LogP contribution >= 0.6 is 22.7 Å². The summed E-state index contributed by atoms with van der Waals surface area (Å²) in [6.07, 6.45) is 3.37. The van der Waals surface area contributed by atoms with E-state index >= 15 is 0 Å². The van der Waals surface area contributed by atoms with Gasteiger partial charge in [-0.2, -0.15) is 5.26 Å². The van der Waals surface area contributed by atoms with Crippen LogP contribution in [0.4, 0.5) is 0 Å². The zero-order valence-electron chi connectivity index (χ0n) is 28.4. The Kier molecular flexibility index (Phi) is 14.0. The number of carbonyl (C=O) groups excluding carboxylic acids is 4. The molecule has 11 nitrogen and oxygen atoms in total. The second kappa shape index (κ2) is 18.6. The standard InChI is InChI=1S/C22H21N3O3S.C15H18N2O3S/c1-25(2)9-8-24-20(26)13-17-12-19(21(27)18-7-4-10-28-18)29-22(17)16-6-3-5-15(11-16)14-23;1-17(2)6-5-16-14(18)9-11-8-13(21-10-11)15(19)12-4-3-7-20-12/h3-7,10-12H,8-9,13H2,1-2H3,(H,24,26);3-4,7-8,10H,5-6,9H2,1-2H3,(H,16,18). The van der Waals surface area contributed by atoms with Gasteiger partial charge in [0.05, 0.1) is 46.8 Å². The second-order valence-electron chi connectivity index (χ2n) is 11.7. The zero-order chi connectivity index (χ0) is 36.0. The summed E-state index contributed by atoms with van der Waals surface area (Å²) in [5.74, 6) is 0.0524. The molecule has 0 radical (unpaired) electrons. The fourth-order valence-electron chi connectivity index (χ4n) is 4.61. The molecular weight excluding hydrogens is 675 g/mol. The summed E-state index contributed by atoms with van der Waals surface area (Å²) < 4.78 is 10.3. The van der Waals surface area contributed by atoms with Gasteiger partial charge in [0, 0.05) is 31.1 Å². The number of thiophene rings is 2. The highest BCUT2D eigenvalue weighted by Crippen LogP contribution is 2.35. The molecule has 260 valence electrons. The van der Waals surface area contributed by atoms with Gasteiger partial charge < -0.3 is 29.3 Å². The van der Waals surface area contributed by atoms with Crippen molar-refractivity contribution in [2.24, 2.45) is 0 Å². The Hall–Kier alpha value is -5.13. The first kappa shape index (κ1) is 37.7. The maximum absolute atomic E-state index is 12.7. The quantitative estimate of drug-likeness (QED) is 0.141. The average molecular weight is 714 g/mol. The summed E-state index contributed by atoms with van der Waals surface area (Å²) in [7, 11) is 7.80. The van der Waals surface area contributed by atoms with Gasteiger partial charge in [-0.1, -0.05) is 12.1 Å². The molecule has 0 aliphatic carbocycles. The van der Waals surface area contributed by atoms with E-state index in [-0.39, 0.29) is 42.0 Å². The van der Waals surface area contributed by atoms with Gasteiger partial charge in [-0.25, -0.2) is 0 Å².